The molecule has 0 saturated heterocycles. The zero-order chi connectivity index (χ0) is 12.1. The van der Waals surface area contributed by atoms with Gasteiger partial charge in [-0.1, -0.05) is 26.2 Å². The number of nitrogens with one attached hydrogen (secondary N) is 1. The van der Waals surface area contributed by atoms with Gasteiger partial charge >= 0.3 is 0 Å². The Morgan fingerprint density at radius 1 is 1.06 bits per heavy atom. The lowest BCUT2D eigenvalue weighted by Gasteiger charge is -2.35. The maximum Gasteiger partial charge on any atom is 0.0771 e. The highest BCUT2D eigenvalue weighted by molar-refractivity contribution is 4.86. The lowest BCUT2D eigenvalue weighted by Crippen LogP contribution is -2.44. The Balaban J connectivity index is 1.63. The third kappa shape index (κ3) is 4.26. The van der Waals surface area contributed by atoms with Gasteiger partial charge in [0.15, 0.2) is 0 Å². The minimum Gasteiger partial charge on any atom is -0.389 e. The molecule has 17 heavy (non-hydrogen) atoms. The van der Waals surface area contributed by atoms with Crippen LogP contribution in [0.2, 0.25) is 0 Å². The van der Waals surface area contributed by atoms with Crippen LogP contribution in [-0.4, -0.2) is 23.8 Å². The maximum absolute atomic E-state index is 10.5. The Kier molecular flexibility index (Phi) is 4.87. The molecule has 2 nitrogen and oxygen atoms in total. The number of aliphatic hydroxyl groups is 1. The Labute approximate surface area is 106 Å². The second-order valence-electron chi connectivity index (χ2n) is 6.54. The predicted molar refractivity (Wildman–Crippen MR) is 72.0 cm³/mol. The summed E-state index contributed by atoms with van der Waals surface area (Å²) in [7, 11) is 0. The smallest absolute Gasteiger partial charge is 0.0771 e. The summed E-state index contributed by atoms with van der Waals surface area (Å²) in [5.41, 5.74) is -0.402. The minimum absolute atomic E-state index is 0.402. The van der Waals surface area contributed by atoms with Crippen molar-refractivity contribution < 1.29 is 5.11 Å². The predicted octanol–water partition coefficient (Wildman–Crippen LogP) is 3.10. The summed E-state index contributed by atoms with van der Waals surface area (Å²) >= 11 is 0. The van der Waals surface area contributed by atoms with E-state index in [4.69, 9.17) is 0 Å². The maximum atomic E-state index is 10.5. The highest BCUT2D eigenvalue weighted by atomic mass is 16.3. The molecule has 0 bridgehead atoms. The molecule has 0 aliphatic heterocycles. The summed E-state index contributed by atoms with van der Waals surface area (Å²) in [5, 5.41) is 14.0. The van der Waals surface area contributed by atoms with E-state index in [1.165, 1.54) is 44.9 Å². The van der Waals surface area contributed by atoms with E-state index in [0.29, 0.717) is 0 Å². The van der Waals surface area contributed by atoms with Crippen LogP contribution >= 0.6 is 0 Å². The first-order valence-electron chi connectivity index (χ1n) is 7.61. The average molecular weight is 239 g/mol. The molecule has 2 heteroatoms. The fourth-order valence-corrected chi connectivity index (χ4v) is 3.38. The van der Waals surface area contributed by atoms with Crippen LogP contribution in [0.3, 0.4) is 0 Å². The van der Waals surface area contributed by atoms with Crippen LogP contribution < -0.4 is 5.32 Å². The van der Waals surface area contributed by atoms with Crippen molar-refractivity contribution in [3.05, 3.63) is 0 Å². The highest BCUT2D eigenvalue weighted by Gasteiger charge is 2.31. The summed E-state index contributed by atoms with van der Waals surface area (Å²) in [4.78, 5) is 0. The molecular weight excluding hydrogens is 210 g/mol. The van der Waals surface area contributed by atoms with E-state index in [-0.39, 0.29) is 0 Å². The van der Waals surface area contributed by atoms with Gasteiger partial charge in [-0.2, -0.15) is 0 Å². The van der Waals surface area contributed by atoms with Gasteiger partial charge in [0.25, 0.3) is 0 Å². The molecule has 2 fully saturated rings. The Bertz CT molecular complexity index is 215. The van der Waals surface area contributed by atoms with Crippen molar-refractivity contribution >= 4 is 0 Å². The molecule has 0 amide bonds. The zero-order valence-corrected chi connectivity index (χ0v) is 11.4. The number of rotatable bonds is 4. The second kappa shape index (κ2) is 6.19. The van der Waals surface area contributed by atoms with Crippen molar-refractivity contribution in [3.63, 3.8) is 0 Å². The molecule has 0 aromatic rings. The van der Waals surface area contributed by atoms with Crippen molar-refractivity contribution in [1.29, 1.82) is 0 Å². The molecule has 2 aliphatic rings. The van der Waals surface area contributed by atoms with Gasteiger partial charge in [0.1, 0.15) is 0 Å². The third-order valence-corrected chi connectivity index (χ3v) is 4.82. The monoisotopic (exact) mass is 239 g/mol. The summed E-state index contributed by atoms with van der Waals surface area (Å²) in [6.07, 6.45) is 11.4. The largest absolute Gasteiger partial charge is 0.389 e. The van der Waals surface area contributed by atoms with Gasteiger partial charge in [-0.15, -0.1) is 0 Å². The Morgan fingerprint density at radius 2 is 1.71 bits per heavy atom. The van der Waals surface area contributed by atoms with Crippen LogP contribution in [0, 0.1) is 11.8 Å². The minimum atomic E-state index is -0.402. The Hall–Kier alpha value is -0.0800. The molecule has 2 N–H and O–H groups in total. The van der Waals surface area contributed by atoms with Gasteiger partial charge in [-0.25, -0.2) is 0 Å². The first-order valence-corrected chi connectivity index (χ1v) is 7.61. The quantitative estimate of drug-likeness (QED) is 0.790. The van der Waals surface area contributed by atoms with Gasteiger partial charge in [0.2, 0.25) is 0 Å². The van der Waals surface area contributed by atoms with E-state index in [2.05, 4.69) is 12.2 Å². The first kappa shape index (κ1) is 13.4. The van der Waals surface area contributed by atoms with E-state index in [0.717, 1.165) is 37.8 Å². The van der Waals surface area contributed by atoms with Gasteiger partial charge in [-0.3, -0.25) is 0 Å². The lowest BCUT2D eigenvalue weighted by molar-refractivity contribution is -0.00684. The van der Waals surface area contributed by atoms with Crippen molar-refractivity contribution in [2.45, 2.75) is 70.3 Å². The molecular formula is C15H29NO. The fraction of sp³-hybridized carbons (Fsp3) is 1.00. The van der Waals surface area contributed by atoms with Crippen molar-refractivity contribution in [2.24, 2.45) is 11.8 Å². The average Bonchev–Trinajstić information content (AvgIpc) is 2.35. The highest BCUT2D eigenvalue weighted by Crippen LogP contribution is 2.31. The van der Waals surface area contributed by atoms with E-state index >= 15 is 0 Å². The van der Waals surface area contributed by atoms with Crippen LogP contribution in [0.4, 0.5) is 0 Å². The number of hydrogen-bond donors (Lipinski definition) is 2. The number of hydrogen-bond acceptors (Lipinski definition) is 2. The first-order chi connectivity index (χ1) is 8.18. The molecule has 2 rings (SSSR count). The summed E-state index contributed by atoms with van der Waals surface area (Å²) < 4.78 is 0. The SMILES string of the molecule is CC1CCC(O)(CNCC2CCCCC2)CC1. The molecule has 0 unspecified atom stereocenters. The molecule has 0 atom stereocenters. The zero-order valence-electron chi connectivity index (χ0n) is 11.4. The van der Waals surface area contributed by atoms with Crippen LogP contribution in [0.1, 0.15) is 64.7 Å². The molecule has 0 aromatic heterocycles. The second-order valence-corrected chi connectivity index (χ2v) is 6.54. The lowest BCUT2D eigenvalue weighted by atomic mass is 9.79. The van der Waals surface area contributed by atoms with Crippen molar-refractivity contribution in [1.82, 2.24) is 5.32 Å². The summed E-state index contributed by atoms with van der Waals surface area (Å²) in [6, 6.07) is 0. The molecule has 2 aliphatic carbocycles. The molecule has 0 heterocycles. The van der Waals surface area contributed by atoms with Gasteiger partial charge < -0.3 is 10.4 Å². The topological polar surface area (TPSA) is 32.3 Å². The Morgan fingerprint density at radius 3 is 2.35 bits per heavy atom. The fourth-order valence-electron chi connectivity index (χ4n) is 3.38. The normalized spacial score (nSPS) is 36.0. The standard InChI is InChI=1S/C15H29NO/c1-13-7-9-15(17,10-8-13)12-16-11-14-5-3-2-4-6-14/h13-14,16-17H,2-12H2,1H3. The van der Waals surface area contributed by atoms with Crippen LogP contribution in [0.25, 0.3) is 0 Å². The van der Waals surface area contributed by atoms with E-state index in [1.807, 2.05) is 0 Å². The van der Waals surface area contributed by atoms with Crippen LogP contribution in [0.15, 0.2) is 0 Å². The van der Waals surface area contributed by atoms with Crippen molar-refractivity contribution in [3.8, 4) is 0 Å². The summed E-state index contributed by atoms with van der Waals surface area (Å²) in [5.74, 6) is 1.68. The van der Waals surface area contributed by atoms with E-state index in [9.17, 15) is 5.11 Å². The van der Waals surface area contributed by atoms with E-state index in [1.54, 1.807) is 0 Å². The summed E-state index contributed by atoms with van der Waals surface area (Å²) in [6.45, 7) is 4.24. The van der Waals surface area contributed by atoms with Crippen LogP contribution in [0.5, 0.6) is 0 Å². The van der Waals surface area contributed by atoms with E-state index < -0.39 is 5.60 Å². The third-order valence-electron chi connectivity index (χ3n) is 4.82. The van der Waals surface area contributed by atoms with Gasteiger partial charge in [0.05, 0.1) is 5.60 Å². The van der Waals surface area contributed by atoms with Gasteiger partial charge in [-0.05, 0) is 56.9 Å². The molecule has 100 valence electrons. The molecule has 0 aromatic carbocycles. The molecule has 0 spiro atoms. The molecule has 2 saturated carbocycles. The van der Waals surface area contributed by atoms with Crippen molar-refractivity contribution in [2.75, 3.05) is 13.1 Å². The van der Waals surface area contributed by atoms with Crippen LogP contribution in [-0.2, 0) is 0 Å². The van der Waals surface area contributed by atoms with Gasteiger partial charge in [0, 0.05) is 6.54 Å². The molecule has 0 radical (unpaired) electrons.